The van der Waals surface area contributed by atoms with Crippen LogP contribution in [0.2, 0.25) is 0 Å². The normalized spacial score (nSPS) is 11.4. The molecule has 20 heavy (non-hydrogen) atoms. The standard InChI is InChI=1S/C15H20N4O/c1-11-5-6-12(9-17-11)10-18-13-14(20)19(8-7-16-13)15(2,3)4/h5-9H,10H2,1-4H3,(H,16,18). The van der Waals surface area contributed by atoms with Crippen LogP contribution in [-0.4, -0.2) is 14.5 Å². The minimum Gasteiger partial charge on any atom is -0.361 e. The van der Waals surface area contributed by atoms with Crippen molar-refractivity contribution in [2.45, 2.75) is 39.8 Å². The molecule has 0 aromatic carbocycles. The van der Waals surface area contributed by atoms with Gasteiger partial charge in [-0.15, -0.1) is 0 Å². The summed E-state index contributed by atoms with van der Waals surface area (Å²) in [6, 6.07) is 3.93. The molecule has 0 amide bonds. The van der Waals surface area contributed by atoms with Crippen molar-refractivity contribution in [3.05, 3.63) is 52.3 Å². The molecule has 2 heterocycles. The van der Waals surface area contributed by atoms with Gasteiger partial charge in [-0.3, -0.25) is 9.78 Å². The molecular weight excluding hydrogens is 252 g/mol. The van der Waals surface area contributed by atoms with Crippen molar-refractivity contribution in [1.29, 1.82) is 0 Å². The van der Waals surface area contributed by atoms with Gasteiger partial charge in [0, 0.05) is 36.4 Å². The van der Waals surface area contributed by atoms with Gasteiger partial charge in [-0.2, -0.15) is 0 Å². The smallest absolute Gasteiger partial charge is 0.293 e. The number of nitrogens with one attached hydrogen (secondary N) is 1. The fraction of sp³-hybridized carbons (Fsp3) is 0.400. The highest BCUT2D eigenvalue weighted by Gasteiger charge is 2.16. The Labute approximate surface area is 118 Å². The Kier molecular flexibility index (Phi) is 3.88. The largest absolute Gasteiger partial charge is 0.361 e. The zero-order valence-electron chi connectivity index (χ0n) is 12.3. The molecule has 0 aliphatic heterocycles. The number of nitrogens with zero attached hydrogens (tertiary/aromatic N) is 3. The molecule has 0 atom stereocenters. The molecule has 0 aliphatic rings. The van der Waals surface area contributed by atoms with Crippen molar-refractivity contribution in [3.8, 4) is 0 Å². The third-order valence-electron chi connectivity index (χ3n) is 3.00. The molecule has 2 aromatic rings. The molecule has 0 radical (unpaired) electrons. The van der Waals surface area contributed by atoms with Gasteiger partial charge in [-0.05, 0) is 39.3 Å². The van der Waals surface area contributed by atoms with E-state index >= 15 is 0 Å². The van der Waals surface area contributed by atoms with Gasteiger partial charge in [0.25, 0.3) is 5.56 Å². The van der Waals surface area contributed by atoms with Crippen LogP contribution < -0.4 is 10.9 Å². The lowest BCUT2D eigenvalue weighted by atomic mass is 10.1. The highest BCUT2D eigenvalue weighted by Crippen LogP contribution is 2.11. The van der Waals surface area contributed by atoms with E-state index in [1.807, 2.05) is 39.8 Å². The van der Waals surface area contributed by atoms with Gasteiger partial charge in [0.1, 0.15) is 0 Å². The molecule has 0 spiro atoms. The molecule has 5 nitrogen and oxygen atoms in total. The molecule has 0 fully saturated rings. The Morgan fingerprint density at radius 1 is 1.25 bits per heavy atom. The van der Waals surface area contributed by atoms with Crippen LogP contribution >= 0.6 is 0 Å². The molecule has 0 saturated heterocycles. The van der Waals surface area contributed by atoms with Crippen molar-refractivity contribution in [1.82, 2.24) is 14.5 Å². The van der Waals surface area contributed by atoms with Crippen molar-refractivity contribution in [2.24, 2.45) is 0 Å². The zero-order chi connectivity index (χ0) is 14.8. The number of aromatic nitrogens is 3. The van der Waals surface area contributed by atoms with E-state index in [4.69, 9.17) is 0 Å². The van der Waals surface area contributed by atoms with Gasteiger partial charge in [-0.25, -0.2) is 4.98 Å². The summed E-state index contributed by atoms with van der Waals surface area (Å²) >= 11 is 0. The summed E-state index contributed by atoms with van der Waals surface area (Å²) in [4.78, 5) is 20.7. The van der Waals surface area contributed by atoms with Crippen LogP contribution in [0.1, 0.15) is 32.0 Å². The molecular formula is C15H20N4O. The number of hydrogen-bond acceptors (Lipinski definition) is 4. The van der Waals surface area contributed by atoms with Gasteiger partial charge >= 0.3 is 0 Å². The Balaban J connectivity index is 2.18. The average molecular weight is 272 g/mol. The van der Waals surface area contributed by atoms with Crippen LogP contribution in [0.4, 0.5) is 5.82 Å². The van der Waals surface area contributed by atoms with Crippen LogP contribution in [0.3, 0.4) is 0 Å². The molecule has 0 saturated carbocycles. The molecule has 2 rings (SSSR count). The number of anilines is 1. The van der Waals surface area contributed by atoms with Crippen LogP contribution in [0.15, 0.2) is 35.5 Å². The first-order chi connectivity index (χ1) is 9.38. The Bertz CT molecular complexity index is 638. The summed E-state index contributed by atoms with van der Waals surface area (Å²) in [5, 5.41) is 3.08. The first-order valence-corrected chi connectivity index (χ1v) is 6.61. The number of rotatable bonds is 3. The first kappa shape index (κ1) is 14.2. The van der Waals surface area contributed by atoms with E-state index in [-0.39, 0.29) is 11.1 Å². The highest BCUT2D eigenvalue weighted by molar-refractivity contribution is 5.32. The number of hydrogen-bond donors (Lipinski definition) is 1. The van der Waals surface area contributed by atoms with Crippen LogP contribution in [0.25, 0.3) is 0 Å². The Morgan fingerprint density at radius 2 is 2.00 bits per heavy atom. The minimum atomic E-state index is -0.262. The van der Waals surface area contributed by atoms with E-state index in [0.29, 0.717) is 12.4 Å². The number of aryl methyl sites for hydroxylation is 1. The van der Waals surface area contributed by atoms with Gasteiger partial charge in [0.05, 0.1) is 0 Å². The van der Waals surface area contributed by atoms with E-state index in [2.05, 4.69) is 15.3 Å². The average Bonchev–Trinajstić information content (AvgIpc) is 2.38. The molecule has 0 aliphatic carbocycles. The Morgan fingerprint density at radius 3 is 2.60 bits per heavy atom. The van der Waals surface area contributed by atoms with Gasteiger partial charge in [0.2, 0.25) is 0 Å². The van der Waals surface area contributed by atoms with Crippen molar-refractivity contribution in [3.63, 3.8) is 0 Å². The molecule has 0 unspecified atom stereocenters. The third-order valence-corrected chi connectivity index (χ3v) is 3.00. The van der Waals surface area contributed by atoms with Gasteiger partial charge in [0.15, 0.2) is 5.82 Å². The fourth-order valence-electron chi connectivity index (χ4n) is 1.85. The van der Waals surface area contributed by atoms with Gasteiger partial charge < -0.3 is 9.88 Å². The predicted molar refractivity (Wildman–Crippen MR) is 79.8 cm³/mol. The third kappa shape index (κ3) is 3.23. The summed E-state index contributed by atoms with van der Waals surface area (Å²) in [7, 11) is 0. The highest BCUT2D eigenvalue weighted by atomic mass is 16.1. The topological polar surface area (TPSA) is 59.8 Å². The minimum absolute atomic E-state index is 0.111. The van der Waals surface area contributed by atoms with Crippen LogP contribution in [-0.2, 0) is 12.1 Å². The van der Waals surface area contributed by atoms with E-state index < -0.39 is 0 Å². The number of pyridine rings is 1. The molecule has 5 heteroatoms. The van der Waals surface area contributed by atoms with E-state index in [1.165, 1.54) is 0 Å². The maximum atomic E-state index is 12.3. The van der Waals surface area contributed by atoms with Crippen molar-refractivity contribution >= 4 is 5.82 Å². The summed E-state index contributed by atoms with van der Waals surface area (Å²) in [6.07, 6.45) is 5.15. The second kappa shape index (κ2) is 5.45. The maximum Gasteiger partial charge on any atom is 0.293 e. The molecule has 2 aromatic heterocycles. The lowest BCUT2D eigenvalue weighted by Gasteiger charge is -2.22. The van der Waals surface area contributed by atoms with E-state index in [9.17, 15) is 4.79 Å². The lowest BCUT2D eigenvalue weighted by Crippen LogP contribution is -2.35. The monoisotopic (exact) mass is 272 g/mol. The van der Waals surface area contributed by atoms with Crippen molar-refractivity contribution < 1.29 is 0 Å². The van der Waals surface area contributed by atoms with Crippen molar-refractivity contribution in [2.75, 3.05) is 5.32 Å². The lowest BCUT2D eigenvalue weighted by molar-refractivity contribution is 0.383. The summed E-state index contributed by atoms with van der Waals surface area (Å²) < 4.78 is 1.68. The summed E-state index contributed by atoms with van der Waals surface area (Å²) in [5.74, 6) is 0.364. The Hall–Kier alpha value is -2.17. The quantitative estimate of drug-likeness (QED) is 0.931. The second-order valence-electron chi connectivity index (χ2n) is 5.78. The fourth-order valence-corrected chi connectivity index (χ4v) is 1.85. The van der Waals surface area contributed by atoms with Gasteiger partial charge in [-0.1, -0.05) is 6.07 Å². The first-order valence-electron chi connectivity index (χ1n) is 6.61. The molecule has 0 bridgehead atoms. The molecule has 1 N–H and O–H groups in total. The molecule has 106 valence electrons. The van der Waals surface area contributed by atoms with Crippen LogP contribution in [0, 0.1) is 6.92 Å². The van der Waals surface area contributed by atoms with Crippen LogP contribution in [0.5, 0.6) is 0 Å². The SMILES string of the molecule is Cc1ccc(CNc2nccn(C(C)(C)C)c2=O)cn1. The summed E-state index contributed by atoms with van der Waals surface area (Å²) in [5.41, 5.74) is 1.62. The summed E-state index contributed by atoms with van der Waals surface area (Å²) in [6.45, 7) is 8.44. The predicted octanol–water partition coefficient (Wildman–Crippen LogP) is 2.31. The zero-order valence-corrected chi connectivity index (χ0v) is 12.3. The van der Waals surface area contributed by atoms with E-state index in [1.54, 1.807) is 23.2 Å². The maximum absolute atomic E-state index is 12.3. The second-order valence-corrected chi connectivity index (χ2v) is 5.78. The van der Waals surface area contributed by atoms with E-state index in [0.717, 1.165) is 11.3 Å².